The van der Waals surface area contributed by atoms with Crippen molar-refractivity contribution in [2.24, 2.45) is 5.73 Å². The highest BCUT2D eigenvalue weighted by atomic mass is 31.3. The number of amides is 2. The number of hydrogen-bond donors (Lipinski definition) is 6. The minimum Gasteiger partial charge on any atom is -0.315 e. The Morgan fingerprint density at radius 2 is 1.94 bits per heavy atom. The Morgan fingerprint density at radius 3 is 2.41 bits per heavy atom. The fourth-order valence-electron chi connectivity index (χ4n) is 0.892. The van der Waals surface area contributed by atoms with Gasteiger partial charge in [0.25, 0.3) is 0 Å². The highest BCUT2D eigenvalue weighted by Gasteiger charge is 2.41. The topological polar surface area (TPSA) is 180 Å². The van der Waals surface area contributed by atoms with Gasteiger partial charge in [-0.05, 0) is 0 Å². The van der Waals surface area contributed by atoms with Gasteiger partial charge in [0, 0.05) is 12.3 Å². The summed E-state index contributed by atoms with van der Waals surface area (Å²) in [6.45, 7) is 0. The van der Waals surface area contributed by atoms with Crippen molar-refractivity contribution in [2.75, 3.05) is 0 Å². The molecule has 0 bridgehead atoms. The highest BCUT2D eigenvalue weighted by Crippen LogP contribution is 2.58. The summed E-state index contributed by atoms with van der Waals surface area (Å²) in [7, 11) is -10.4. The fourth-order valence-corrected chi connectivity index (χ4v) is 2.59. The van der Waals surface area contributed by atoms with Crippen molar-refractivity contribution >= 4 is 21.7 Å². The third-order valence-corrected chi connectivity index (χ3v) is 3.54. The molecule has 1 aliphatic rings. The highest BCUT2D eigenvalue weighted by molar-refractivity contribution is 7.60. The summed E-state index contributed by atoms with van der Waals surface area (Å²) in [5, 5.41) is 4.00. The Kier molecular flexibility index (Phi) is 3.77. The Morgan fingerprint density at radius 1 is 1.35 bits per heavy atom. The number of carbonyl (C=O) groups is 1. The van der Waals surface area contributed by atoms with Crippen LogP contribution in [-0.2, 0) is 18.0 Å². The van der Waals surface area contributed by atoms with E-state index in [0.717, 1.165) is 12.3 Å². The lowest BCUT2D eigenvalue weighted by atomic mass is 10.4. The molecule has 0 aromatic carbocycles. The standard InChI is InChI=1S/C4H9N3O8P2/c5-4(1-2-6-3(8)7-4)14-17(12,13)15-16(9,10)11/h1-2H,5H2,(H,12,13)(H2,6,7,8)(H2,9,10,11). The number of carbonyl (C=O) groups excluding carboxylic acids is 1. The van der Waals surface area contributed by atoms with E-state index in [9.17, 15) is 13.9 Å². The molecule has 2 atom stereocenters. The third-order valence-electron chi connectivity index (χ3n) is 1.33. The van der Waals surface area contributed by atoms with Crippen molar-refractivity contribution in [1.82, 2.24) is 10.6 Å². The van der Waals surface area contributed by atoms with Crippen LogP contribution in [0, 0.1) is 0 Å². The molecule has 13 heteroatoms. The van der Waals surface area contributed by atoms with Gasteiger partial charge in [0.15, 0.2) is 0 Å². The van der Waals surface area contributed by atoms with Crippen molar-refractivity contribution in [3.8, 4) is 0 Å². The van der Waals surface area contributed by atoms with Gasteiger partial charge in [0.1, 0.15) is 0 Å². The van der Waals surface area contributed by atoms with Crippen molar-refractivity contribution in [1.29, 1.82) is 0 Å². The molecule has 2 unspecified atom stereocenters. The van der Waals surface area contributed by atoms with Crippen LogP contribution in [-0.4, -0.2) is 26.6 Å². The molecular formula is C4H9N3O8P2. The zero-order valence-corrected chi connectivity index (χ0v) is 9.80. The smallest absolute Gasteiger partial charge is 0.315 e. The van der Waals surface area contributed by atoms with E-state index >= 15 is 0 Å². The van der Waals surface area contributed by atoms with Crippen LogP contribution in [0.25, 0.3) is 0 Å². The summed E-state index contributed by atoms with van der Waals surface area (Å²) in [6, 6.07) is -0.842. The van der Waals surface area contributed by atoms with E-state index in [1.807, 2.05) is 5.32 Å². The number of nitrogens with one attached hydrogen (secondary N) is 2. The molecule has 0 saturated carbocycles. The fraction of sp³-hybridized carbons (Fsp3) is 0.250. The SMILES string of the molecule is NC1(OP(=O)(O)OP(=O)(O)O)C=CNC(=O)N1. The lowest BCUT2D eigenvalue weighted by Gasteiger charge is -2.30. The van der Waals surface area contributed by atoms with Gasteiger partial charge in [-0.2, -0.15) is 4.31 Å². The van der Waals surface area contributed by atoms with Crippen LogP contribution in [0.2, 0.25) is 0 Å². The van der Waals surface area contributed by atoms with Crippen LogP contribution >= 0.6 is 15.6 Å². The monoisotopic (exact) mass is 289 g/mol. The molecule has 11 nitrogen and oxygen atoms in total. The first kappa shape index (κ1) is 14.3. The molecule has 7 N–H and O–H groups in total. The maximum atomic E-state index is 11.1. The lowest BCUT2D eigenvalue weighted by molar-refractivity contribution is 0.0554. The maximum absolute atomic E-state index is 11.1. The maximum Gasteiger partial charge on any atom is 0.484 e. The number of phosphoric ester groups is 1. The third kappa shape index (κ3) is 4.94. The predicted molar refractivity (Wildman–Crippen MR) is 51.8 cm³/mol. The van der Waals surface area contributed by atoms with Crippen LogP contribution in [0.5, 0.6) is 0 Å². The van der Waals surface area contributed by atoms with E-state index < -0.39 is 27.5 Å². The first-order valence-corrected chi connectivity index (χ1v) is 6.90. The van der Waals surface area contributed by atoms with Crippen LogP contribution < -0.4 is 16.4 Å². The Hall–Kier alpha value is -0.770. The average Bonchev–Trinajstić information content (AvgIpc) is 1.94. The number of rotatable bonds is 4. The average molecular weight is 289 g/mol. The summed E-state index contributed by atoms with van der Waals surface area (Å²) < 4.78 is 29.2. The van der Waals surface area contributed by atoms with E-state index in [-0.39, 0.29) is 0 Å². The molecule has 0 fully saturated rings. The second kappa shape index (κ2) is 4.48. The first-order chi connectivity index (χ1) is 7.52. The minimum atomic E-state index is -5.25. The predicted octanol–water partition coefficient (Wildman–Crippen LogP) is -1.35. The molecule has 0 aromatic rings. The van der Waals surface area contributed by atoms with Crippen molar-refractivity contribution in [3.63, 3.8) is 0 Å². The molecule has 0 saturated heterocycles. The second-order valence-electron chi connectivity index (χ2n) is 2.86. The van der Waals surface area contributed by atoms with Gasteiger partial charge in [-0.25, -0.2) is 18.4 Å². The molecule has 1 rings (SSSR count). The molecule has 98 valence electrons. The van der Waals surface area contributed by atoms with Gasteiger partial charge in [-0.1, -0.05) is 0 Å². The second-order valence-corrected chi connectivity index (χ2v) is 5.61. The van der Waals surface area contributed by atoms with Gasteiger partial charge >= 0.3 is 21.7 Å². The molecular weight excluding hydrogens is 280 g/mol. The number of urea groups is 1. The number of nitrogens with two attached hydrogens (primary N) is 1. The Bertz CT molecular complexity index is 444. The number of hydrogen-bond acceptors (Lipinski definition) is 6. The molecule has 0 aliphatic carbocycles. The van der Waals surface area contributed by atoms with E-state index in [0.29, 0.717) is 0 Å². The number of phosphoric acid groups is 2. The zero-order valence-electron chi connectivity index (χ0n) is 8.01. The van der Waals surface area contributed by atoms with E-state index in [1.54, 1.807) is 0 Å². The van der Waals surface area contributed by atoms with E-state index in [4.69, 9.17) is 20.4 Å². The Labute approximate surface area is 94.4 Å². The van der Waals surface area contributed by atoms with Crippen LogP contribution in [0.4, 0.5) is 4.79 Å². The van der Waals surface area contributed by atoms with Crippen molar-refractivity contribution in [2.45, 2.75) is 5.85 Å². The molecule has 1 heterocycles. The quantitative estimate of drug-likeness (QED) is 0.269. The molecule has 17 heavy (non-hydrogen) atoms. The van der Waals surface area contributed by atoms with Crippen LogP contribution in [0.1, 0.15) is 0 Å². The summed E-state index contributed by atoms with van der Waals surface area (Å²) in [5.41, 5.74) is 5.31. The summed E-state index contributed by atoms with van der Waals surface area (Å²) in [5.74, 6) is -2.22. The minimum absolute atomic E-state index is 0.842. The van der Waals surface area contributed by atoms with Crippen LogP contribution in [0.3, 0.4) is 0 Å². The Balaban J connectivity index is 2.80. The largest absolute Gasteiger partial charge is 0.484 e. The van der Waals surface area contributed by atoms with Gasteiger partial charge in [-0.3, -0.25) is 11.1 Å². The first-order valence-electron chi connectivity index (χ1n) is 3.87. The molecule has 1 aliphatic heterocycles. The zero-order chi connectivity index (χ0) is 13.3. The molecule has 0 spiro atoms. The van der Waals surface area contributed by atoms with Gasteiger partial charge in [-0.15, -0.1) is 0 Å². The van der Waals surface area contributed by atoms with Gasteiger partial charge in [0.05, 0.1) is 0 Å². The molecule has 0 radical (unpaired) electrons. The summed E-state index contributed by atoms with van der Waals surface area (Å²) >= 11 is 0. The van der Waals surface area contributed by atoms with Crippen molar-refractivity contribution in [3.05, 3.63) is 12.3 Å². The van der Waals surface area contributed by atoms with Gasteiger partial charge in [0.2, 0.25) is 5.85 Å². The normalized spacial score (nSPS) is 28.1. The van der Waals surface area contributed by atoms with Crippen molar-refractivity contribution < 1.29 is 37.4 Å². The van der Waals surface area contributed by atoms with Crippen LogP contribution in [0.15, 0.2) is 12.3 Å². The summed E-state index contributed by atoms with van der Waals surface area (Å²) in [4.78, 5) is 36.5. The molecule has 2 amide bonds. The lowest BCUT2D eigenvalue weighted by Crippen LogP contribution is -2.60. The molecule has 0 aromatic heterocycles. The van der Waals surface area contributed by atoms with Gasteiger partial charge < -0.3 is 20.0 Å². The van der Waals surface area contributed by atoms with E-state index in [2.05, 4.69) is 14.2 Å². The summed E-state index contributed by atoms with van der Waals surface area (Å²) in [6.07, 6.45) is 1.94. The van der Waals surface area contributed by atoms with E-state index in [1.165, 1.54) is 0 Å².